The van der Waals surface area contributed by atoms with Crippen molar-refractivity contribution < 1.29 is 24.1 Å². The maximum absolute atomic E-state index is 11.1. The summed E-state index contributed by atoms with van der Waals surface area (Å²) < 4.78 is 4.88. The number of hydrogen-bond acceptors (Lipinski definition) is 5. The van der Waals surface area contributed by atoms with Gasteiger partial charge in [0.2, 0.25) is 0 Å². The van der Waals surface area contributed by atoms with Crippen LogP contribution in [0.2, 0.25) is 0 Å². The Morgan fingerprint density at radius 3 is 2.06 bits per heavy atom. The molecule has 1 atom stereocenters. The van der Waals surface area contributed by atoms with E-state index in [1.165, 1.54) is 13.8 Å². The second kappa shape index (κ2) is 6.79. The maximum atomic E-state index is 11.1. The summed E-state index contributed by atoms with van der Waals surface area (Å²) in [6.07, 6.45) is -0.526. The summed E-state index contributed by atoms with van der Waals surface area (Å²) in [7, 11) is 0. The van der Waals surface area contributed by atoms with E-state index in [-0.39, 0.29) is 12.2 Å². The third-order valence-electron chi connectivity index (χ3n) is 1.44. The van der Waals surface area contributed by atoms with Gasteiger partial charge in [-0.15, -0.1) is 0 Å². The number of esters is 1. The number of ether oxygens (including phenoxy) is 1. The van der Waals surface area contributed by atoms with Crippen LogP contribution >= 0.6 is 0 Å². The van der Waals surface area contributed by atoms with Gasteiger partial charge in [-0.05, 0) is 20.8 Å². The molecule has 0 heterocycles. The number of rotatable bonds is 6. The molecule has 0 aromatic rings. The van der Waals surface area contributed by atoms with Crippen molar-refractivity contribution in [2.75, 3.05) is 6.61 Å². The van der Waals surface area contributed by atoms with E-state index in [9.17, 15) is 9.59 Å². The van der Waals surface area contributed by atoms with Crippen LogP contribution in [0.3, 0.4) is 0 Å². The van der Waals surface area contributed by atoms with E-state index in [0.29, 0.717) is 5.57 Å². The molecule has 0 aromatic heterocycles. The molecule has 0 radical (unpaired) electrons. The van der Waals surface area contributed by atoms with Crippen LogP contribution in [0, 0.1) is 0 Å². The van der Waals surface area contributed by atoms with E-state index in [1.54, 1.807) is 6.92 Å². The van der Waals surface area contributed by atoms with Gasteiger partial charge in [0.15, 0.2) is 0 Å². The number of carbonyl (C=O) groups is 2. The van der Waals surface area contributed by atoms with Gasteiger partial charge in [-0.3, -0.25) is 4.89 Å². The topological polar surface area (TPSA) is 61.8 Å². The smallest absolute Gasteiger partial charge is 0.368 e. The molecule has 0 N–H and O–H groups in total. The van der Waals surface area contributed by atoms with Crippen molar-refractivity contribution in [3.63, 3.8) is 0 Å². The molecule has 0 fully saturated rings. The van der Waals surface area contributed by atoms with Gasteiger partial charge in [-0.25, -0.2) is 9.59 Å². The maximum Gasteiger partial charge on any atom is 0.368 e. The lowest BCUT2D eigenvalue weighted by Gasteiger charge is -2.12. The summed E-state index contributed by atoms with van der Waals surface area (Å²) in [4.78, 5) is 30.9. The molecule has 16 heavy (non-hydrogen) atoms. The van der Waals surface area contributed by atoms with Gasteiger partial charge in [0.25, 0.3) is 0 Å². The van der Waals surface area contributed by atoms with Gasteiger partial charge < -0.3 is 4.74 Å². The van der Waals surface area contributed by atoms with Crippen molar-refractivity contribution in [2.24, 2.45) is 0 Å². The van der Waals surface area contributed by atoms with E-state index >= 15 is 0 Å². The van der Waals surface area contributed by atoms with Crippen molar-refractivity contribution in [3.05, 3.63) is 24.3 Å². The summed E-state index contributed by atoms with van der Waals surface area (Å²) in [6.45, 7) is 11.4. The molecule has 0 aromatic carbocycles. The van der Waals surface area contributed by atoms with Crippen molar-refractivity contribution in [3.8, 4) is 0 Å². The van der Waals surface area contributed by atoms with E-state index < -0.39 is 18.0 Å². The molecule has 0 aliphatic carbocycles. The van der Waals surface area contributed by atoms with Crippen LogP contribution in [0.5, 0.6) is 0 Å². The molecule has 90 valence electrons. The van der Waals surface area contributed by atoms with Gasteiger partial charge in [0.1, 0.15) is 12.7 Å². The Morgan fingerprint density at radius 1 is 1.12 bits per heavy atom. The minimum atomic E-state index is -0.654. The fourth-order valence-corrected chi connectivity index (χ4v) is 0.572. The van der Waals surface area contributed by atoms with Crippen LogP contribution in [0.4, 0.5) is 0 Å². The van der Waals surface area contributed by atoms with Crippen LogP contribution in [0.25, 0.3) is 0 Å². The molecular formula is C11H16O5. The molecule has 5 heteroatoms. The van der Waals surface area contributed by atoms with E-state index in [4.69, 9.17) is 4.74 Å². The lowest BCUT2D eigenvalue weighted by molar-refractivity contribution is -0.277. The molecule has 0 saturated heterocycles. The van der Waals surface area contributed by atoms with E-state index in [1.807, 2.05) is 0 Å². The zero-order chi connectivity index (χ0) is 12.7. The van der Waals surface area contributed by atoms with E-state index in [2.05, 4.69) is 22.9 Å². The van der Waals surface area contributed by atoms with Crippen molar-refractivity contribution in [2.45, 2.75) is 26.9 Å². The summed E-state index contributed by atoms with van der Waals surface area (Å²) in [5.74, 6) is -1.17. The van der Waals surface area contributed by atoms with Crippen molar-refractivity contribution in [1.29, 1.82) is 0 Å². The second-order valence-corrected chi connectivity index (χ2v) is 3.43. The van der Waals surface area contributed by atoms with Crippen molar-refractivity contribution >= 4 is 11.9 Å². The molecule has 0 bridgehead atoms. The minimum absolute atomic E-state index is 0.0436. The lowest BCUT2D eigenvalue weighted by Crippen LogP contribution is -2.21. The van der Waals surface area contributed by atoms with Crippen LogP contribution < -0.4 is 0 Å². The number of carbonyl (C=O) groups excluding carboxylic acids is 2. The van der Waals surface area contributed by atoms with Crippen molar-refractivity contribution in [1.82, 2.24) is 0 Å². The summed E-state index contributed by atoms with van der Waals surface area (Å²) in [6, 6.07) is 0. The molecule has 0 amide bonds. The zero-order valence-corrected chi connectivity index (χ0v) is 9.74. The molecule has 0 saturated carbocycles. The SMILES string of the molecule is C=C(C)C(=O)OOCC(C)OC(=O)C(=C)C. The molecule has 0 aliphatic heterocycles. The highest BCUT2D eigenvalue weighted by Crippen LogP contribution is 2.00. The van der Waals surface area contributed by atoms with Gasteiger partial charge in [0.05, 0.1) is 0 Å². The van der Waals surface area contributed by atoms with Gasteiger partial charge in [0, 0.05) is 11.1 Å². The third-order valence-corrected chi connectivity index (χ3v) is 1.44. The highest BCUT2D eigenvalue weighted by Gasteiger charge is 2.12. The van der Waals surface area contributed by atoms with Gasteiger partial charge in [-0.2, -0.15) is 4.89 Å². The zero-order valence-electron chi connectivity index (χ0n) is 9.74. The Morgan fingerprint density at radius 2 is 1.62 bits per heavy atom. The first-order chi connectivity index (χ1) is 7.34. The van der Waals surface area contributed by atoms with Crippen LogP contribution in [0.1, 0.15) is 20.8 Å². The highest BCUT2D eigenvalue weighted by atomic mass is 17.2. The molecule has 0 spiro atoms. The monoisotopic (exact) mass is 228 g/mol. The first kappa shape index (κ1) is 14.4. The molecule has 0 rings (SSSR count). The lowest BCUT2D eigenvalue weighted by atomic mass is 10.3. The third kappa shape index (κ3) is 5.98. The van der Waals surface area contributed by atoms with Crippen LogP contribution in [-0.4, -0.2) is 24.6 Å². The quantitative estimate of drug-likeness (QED) is 0.299. The van der Waals surface area contributed by atoms with E-state index in [0.717, 1.165) is 0 Å². The second-order valence-electron chi connectivity index (χ2n) is 3.43. The van der Waals surface area contributed by atoms with Crippen LogP contribution in [-0.2, 0) is 24.1 Å². The Hall–Kier alpha value is -1.62. The Kier molecular flexibility index (Phi) is 6.10. The molecule has 1 unspecified atom stereocenters. The fourth-order valence-electron chi connectivity index (χ4n) is 0.572. The summed E-state index contributed by atoms with van der Waals surface area (Å²) in [5.41, 5.74) is 0.525. The highest BCUT2D eigenvalue weighted by molar-refractivity contribution is 5.87. The number of hydrogen-bond donors (Lipinski definition) is 0. The Bertz CT molecular complexity index is 305. The predicted octanol–water partition coefficient (Wildman–Crippen LogP) is 1.55. The van der Waals surface area contributed by atoms with Gasteiger partial charge in [-0.1, -0.05) is 13.2 Å². The summed E-state index contributed by atoms with van der Waals surface area (Å²) >= 11 is 0. The molecule has 0 aliphatic rings. The predicted molar refractivity (Wildman–Crippen MR) is 57.2 cm³/mol. The molecule has 5 nitrogen and oxygen atoms in total. The first-order valence-electron chi connectivity index (χ1n) is 4.70. The molecular weight excluding hydrogens is 212 g/mol. The Balaban J connectivity index is 3.78. The standard InChI is InChI=1S/C11H16O5/c1-7(2)10(12)15-9(5)6-14-16-11(13)8(3)4/h9H,1,3,6H2,2,4-5H3. The fraction of sp³-hybridized carbons (Fsp3) is 0.455. The summed E-state index contributed by atoms with van der Waals surface area (Å²) in [5, 5.41) is 0. The average Bonchev–Trinajstić information content (AvgIpc) is 2.16. The minimum Gasteiger partial charge on any atom is -0.457 e. The van der Waals surface area contributed by atoms with Gasteiger partial charge >= 0.3 is 11.9 Å². The largest absolute Gasteiger partial charge is 0.457 e. The average molecular weight is 228 g/mol. The first-order valence-corrected chi connectivity index (χ1v) is 4.70. The van der Waals surface area contributed by atoms with Crippen LogP contribution in [0.15, 0.2) is 24.3 Å². The Labute approximate surface area is 94.6 Å². The normalized spacial score (nSPS) is 11.4.